The van der Waals surface area contributed by atoms with Crippen molar-refractivity contribution in [3.8, 4) is 22.4 Å². The molecule has 0 aliphatic heterocycles. The van der Waals surface area contributed by atoms with Crippen LogP contribution >= 0.6 is 23.4 Å². The van der Waals surface area contributed by atoms with Crippen molar-refractivity contribution in [1.29, 1.82) is 0 Å². The normalized spacial score (nSPS) is 10.6. The van der Waals surface area contributed by atoms with Crippen LogP contribution in [0.5, 0.6) is 0 Å². The Kier molecular flexibility index (Phi) is 4.23. The van der Waals surface area contributed by atoms with Crippen molar-refractivity contribution >= 4 is 23.4 Å². The van der Waals surface area contributed by atoms with E-state index in [2.05, 4.69) is 40.7 Å². The molecular formula is C17H13ClN2S. The summed E-state index contributed by atoms with van der Waals surface area (Å²) in [5.74, 6) is 0. The molecule has 104 valence electrons. The lowest BCUT2D eigenvalue weighted by Crippen LogP contribution is -1.93. The maximum absolute atomic E-state index is 6.02. The van der Waals surface area contributed by atoms with Gasteiger partial charge in [-0.25, -0.2) is 0 Å². The van der Waals surface area contributed by atoms with E-state index in [1.54, 1.807) is 11.8 Å². The zero-order chi connectivity index (χ0) is 14.7. The largest absolute Gasteiger partial charge is 0.152 e. The van der Waals surface area contributed by atoms with Crippen LogP contribution in [-0.2, 0) is 0 Å². The summed E-state index contributed by atoms with van der Waals surface area (Å²) >= 11 is 7.74. The molecule has 21 heavy (non-hydrogen) atoms. The van der Waals surface area contributed by atoms with Crippen LogP contribution in [-0.4, -0.2) is 16.5 Å². The fourth-order valence-electron chi connectivity index (χ4n) is 2.17. The van der Waals surface area contributed by atoms with Gasteiger partial charge >= 0.3 is 0 Å². The van der Waals surface area contributed by atoms with Crippen LogP contribution in [0.3, 0.4) is 0 Å². The van der Waals surface area contributed by atoms with Crippen molar-refractivity contribution in [2.24, 2.45) is 0 Å². The number of halogens is 1. The van der Waals surface area contributed by atoms with Gasteiger partial charge in [-0.1, -0.05) is 54.1 Å². The van der Waals surface area contributed by atoms with Crippen molar-refractivity contribution in [3.63, 3.8) is 0 Å². The molecular weight excluding hydrogens is 300 g/mol. The number of aromatic nitrogens is 2. The van der Waals surface area contributed by atoms with Crippen molar-refractivity contribution in [2.75, 3.05) is 6.26 Å². The van der Waals surface area contributed by atoms with E-state index < -0.39 is 0 Å². The third kappa shape index (κ3) is 3.09. The molecule has 0 N–H and O–H groups in total. The molecule has 2 nitrogen and oxygen atoms in total. The third-order valence-electron chi connectivity index (χ3n) is 3.21. The van der Waals surface area contributed by atoms with Gasteiger partial charge in [-0.15, -0.1) is 22.0 Å². The maximum Gasteiger partial charge on any atom is 0.152 e. The number of hydrogen-bond donors (Lipinski definition) is 0. The zero-order valence-electron chi connectivity index (χ0n) is 11.5. The Balaban J connectivity index is 2.13. The van der Waals surface area contributed by atoms with Crippen LogP contribution in [0.25, 0.3) is 22.4 Å². The fraction of sp³-hybridized carbons (Fsp3) is 0.0588. The van der Waals surface area contributed by atoms with Gasteiger partial charge in [0.1, 0.15) is 5.69 Å². The molecule has 3 aromatic rings. The van der Waals surface area contributed by atoms with Gasteiger partial charge < -0.3 is 0 Å². The molecule has 1 aromatic heterocycles. The van der Waals surface area contributed by atoms with E-state index in [9.17, 15) is 0 Å². The van der Waals surface area contributed by atoms with E-state index in [4.69, 9.17) is 11.6 Å². The van der Waals surface area contributed by atoms with Crippen molar-refractivity contribution in [2.45, 2.75) is 4.90 Å². The van der Waals surface area contributed by atoms with Gasteiger partial charge in [-0.2, -0.15) is 0 Å². The molecule has 0 amide bonds. The molecule has 3 rings (SSSR count). The molecule has 0 bridgehead atoms. The Bertz CT molecular complexity index is 742. The monoisotopic (exact) mass is 312 g/mol. The van der Waals surface area contributed by atoms with Crippen LogP contribution in [0.2, 0.25) is 5.15 Å². The summed E-state index contributed by atoms with van der Waals surface area (Å²) < 4.78 is 0. The number of thioether (sulfide) groups is 1. The van der Waals surface area contributed by atoms with Gasteiger partial charge in [-0.3, -0.25) is 0 Å². The molecule has 0 spiro atoms. The van der Waals surface area contributed by atoms with Gasteiger partial charge in [0.15, 0.2) is 5.15 Å². The lowest BCUT2D eigenvalue weighted by Gasteiger charge is -2.09. The quantitative estimate of drug-likeness (QED) is 0.623. The first-order valence-corrected chi connectivity index (χ1v) is 8.11. The minimum Gasteiger partial charge on any atom is -0.148 e. The van der Waals surface area contributed by atoms with Crippen molar-refractivity contribution < 1.29 is 0 Å². The highest BCUT2D eigenvalue weighted by molar-refractivity contribution is 7.98. The summed E-state index contributed by atoms with van der Waals surface area (Å²) in [6.07, 6.45) is 2.06. The van der Waals surface area contributed by atoms with Crippen LogP contribution in [0.15, 0.2) is 65.6 Å². The number of benzene rings is 2. The predicted molar refractivity (Wildman–Crippen MR) is 89.7 cm³/mol. The lowest BCUT2D eigenvalue weighted by atomic mass is 10.0. The van der Waals surface area contributed by atoms with Crippen molar-refractivity contribution in [1.82, 2.24) is 10.2 Å². The van der Waals surface area contributed by atoms with Gasteiger partial charge in [0.2, 0.25) is 0 Å². The zero-order valence-corrected chi connectivity index (χ0v) is 13.0. The summed E-state index contributed by atoms with van der Waals surface area (Å²) in [4.78, 5) is 1.22. The molecule has 1 heterocycles. The Hall–Kier alpha value is -1.84. The molecule has 0 aliphatic carbocycles. The molecule has 0 unspecified atom stereocenters. The van der Waals surface area contributed by atoms with Crippen LogP contribution in [0.1, 0.15) is 0 Å². The Morgan fingerprint density at radius 2 is 1.57 bits per heavy atom. The maximum atomic E-state index is 6.02. The van der Waals surface area contributed by atoms with E-state index in [0.29, 0.717) is 5.15 Å². The first kappa shape index (κ1) is 14.1. The summed E-state index contributed by atoms with van der Waals surface area (Å²) in [5.41, 5.74) is 3.96. The van der Waals surface area contributed by atoms with Gasteiger partial charge in [0.25, 0.3) is 0 Å². The van der Waals surface area contributed by atoms with Crippen molar-refractivity contribution in [3.05, 3.63) is 65.8 Å². The second kappa shape index (κ2) is 6.29. The fourth-order valence-corrected chi connectivity index (χ4v) is 2.72. The van der Waals surface area contributed by atoms with Crippen LogP contribution in [0.4, 0.5) is 0 Å². The first-order chi connectivity index (χ1) is 10.3. The second-order valence-electron chi connectivity index (χ2n) is 4.52. The molecule has 0 atom stereocenters. The molecule has 0 aliphatic rings. The SMILES string of the molecule is CSc1ccc(-c2nnc(Cl)cc2-c2ccccc2)cc1. The topological polar surface area (TPSA) is 25.8 Å². The Morgan fingerprint density at radius 1 is 0.857 bits per heavy atom. The summed E-state index contributed by atoms with van der Waals surface area (Å²) in [6.45, 7) is 0. The van der Waals surface area contributed by atoms with E-state index >= 15 is 0 Å². The summed E-state index contributed by atoms with van der Waals surface area (Å²) in [6, 6.07) is 20.3. The highest BCUT2D eigenvalue weighted by Gasteiger charge is 2.11. The molecule has 2 aromatic carbocycles. The Labute approximate surface area is 133 Å². The molecule has 0 radical (unpaired) electrons. The molecule has 0 saturated carbocycles. The molecule has 4 heteroatoms. The molecule has 0 saturated heterocycles. The number of hydrogen-bond acceptors (Lipinski definition) is 3. The average Bonchev–Trinajstić information content (AvgIpc) is 2.56. The standard InChI is InChI=1S/C17H13ClN2S/c1-21-14-9-7-13(8-10-14)17-15(11-16(18)19-20-17)12-5-3-2-4-6-12/h2-11H,1H3. The van der Waals surface area contributed by atoms with E-state index in [-0.39, 0.29) is 0 Å². The van der Waals surface area contributed by atoms with Crippen LogP contribution < -0.4 is 0 Å². The highest BCUT2D eigenvalue weighted by atomic mass is 35.5. The third-order valence-corrected chi connectivity index (χ3v) is 4.14. The average molecular weight is 313 g/mol. The number of nitrogens with zero attached hydrogens (tertiary/aromatic N) is 2. The van der Waals surface area contributed by atoms with E-state index in [1.807, 2.05) is 36.4 Å². The second-order valence-corrected chi connectivity index (χ2v) is 5.79. The minimum absolute atomic E-state index is 0.401. The minimum atomic E-state index is 0.401. The first-order valence-electron chi connectivity index (χ1n) is 6.51. The van der Waals surface area contributed by atoms with E-state index in [1.165, 1.54) is 4.90 Å². The summed E-state index contributed by atoms with van der Waals surface area (Å²) in [5, 5.41) is 8.69. The summed E-state index contributed by atoms with van der Waals surface area (Å²) in [7, 11) is 0. The molecule has 0 fully saturated rings. The van der Waals surface area contributed by atoms with Crippen LogP contribution in [0, 0.1) is 0 Å². The predicted octanol–water partition coefficient (Wildman–Crippen LogP) is 5.19. The highest BCUT2D eigenvalue weighted by Crippen LogP contribution is 2.32. The number of rotatable bonds is 3. The van der Waals surface area contributed by atoms with Gasteiger partial charge in [-0.05, 0) is 30.0 Å². The van der Waals surface area contributed by atoms with Gasteiger partial charge in [0.05, 0.1) is 0 Å². The van der Waals surface area contributed by atoms with Gasteiger partial charge in [0, 0.05) is 16.0 Å². The Morgan fingerprint density at radius 3 is 2.24 bits per heavy atom. The lowest BCUT2D eigenvalue weighted by molar-refractivity contribution is 1.04. The van der Waals surface area contributed by atoms with E-state index in [0.717, 1.165) is 22.4 Å². The smallest absolute Gasteiger partial charge is 0.148 e.